The average Bonchev–Trinajstić information content (AvgIpc) is 2.89. The molecule has 0 bridgehead atoms. The first-order valence-electron chi connectivity index (χ1n) is 15.1. The summed E-state index contributed by atoms with van der Waals surface area (Å²) < 4.78 is 26.8. The predicted octanol–water partition coefficient (Wildman–Crippen LogP) is 6.59. The van der Waals surface area contributed by atoms with Gasteiger partial charge in [-0.2, -0.15) is 0 Å². The van der Waals surface area contributed by atoms with E-state index in [0.717, 1.165) is 19.3 Å². The van der Waals surface area contributed by atoms with Crippen LogP contribution in [0.5, 0.6) is 0 Å². The summed E-state index contributed by atoms with van der Waals surface area (Å²) in [6.07, 6.45) is 19.7. The number of rotatable bonds is 29. The lowest BCUT2D eigenvalue weighted by Crippen LogP contribution is -2.33. The highest BCUT2D eigenvalue weighted by molar-refractivity contribution is 7.47. The van der Waals surface area contributed by atoms with Gasteiger partial charge in [0.15, 0.2) is 0 Å². The summed E-state index contributed by atoms with van der Waals surface area (Å²) >= 11 is 0. The van der Waals surface area contributed by atoms with Crippen LogP contribution in [-0.2, 0) is 23.1 Å². The van der Waals surface area contributed by atoms with E-state index in [0.29, 0.717) is 12.8 Å². The van der Waals surface area contributed by atoms with Crippen LogP contribution in [-0.4, -0.2) is 59.6 Å². The van der Waals surface area contributed by atoms with E-state index in [2.05, 4.69) is 11.4 Å². The van der Waals surface area contributed by atoms with Gasteiger partial charge in [-0.1, -0.05) is 117 Å². The quantitative estimate of drug-likeness (QED) is 0.0580. The molecule has 38 heavy (non-hydrogen) atoms. The van der Waals surface area contributed by atoms with Crippen molar-refractivity contribution in [2.24, 2.45) is 11.7 Å². The van der Waals surface area contributed by atoms with Gasteiger partial charge in [-0.05, 0) is 12.8 Å². The maximum absolute atomic E-state index is 11.7. The van der Waals surface area contributed by atoms with Crippen LogP contribution in [0.2, 0.25) is 0 Å². The number of aliphatic hydroxyl groups excluding tert-OH is 1. The molecule has 0 aromatic carbocycles. The van der Waals surface area contributed by atoms with Crippen LogP contribution in [0.25, 0.3) is 0 Å². The third kappa shape index (κ3) is 22.3. The van der Waals surface area contributed by atoms with Crippen molar-refractivity contribution in [2.45, 2.75) is 142 Å². The standard InChI is InChI=1S/C28H58NO8P/c1-3-5-6-7-8-9-10-11-12-13-14-15-16-17-18-19-20-27(26(4-2)28(31)32)35-23-25(30)24-37-38(33,34)36-22-21-29/h25-27,30H,3-24,29H2,1-2H3,(H,31,32)(H,33,34). The van der Waals surface area contributed by atoms with Gasteiger partial charge in [-0.15, -0.1) is 0 Å². The molecule has 228 valence electrons. The number of unbranched alkanes of at least 4 members (excludes halogenated alkanes) is 15. The summed E-state index contributed by atoms with van der Waals surface area (Å²) in [5.41, 5.74) is 5.23. The lowest BCUT2D eigenvalue weighted by atomic mass is 9.94. The maximum atomic E-state index is 11.7. The molecule has 0 aromatic rings. The first-order chi connectivity index (χ1) is 18.3. The average molecular weight is 568 g/mol. The number of aliphatic carboxylic acids is 1. The topological polar surface area (TPSA) is 149 Å². The van der Waals surface area contributed by atoms with E-state index in [-0.39, 0.29) is 19.8 Å². The Hall–Kier alpha value is -0.540. The number of hydrogen-bond acceptors (Lipinski definition) is 7. The van der Waals surface area contributed by atoms with Crippen molar-refractivity contribution in [1.82, 2.24) is 0 Å². The minimum Gasteiger partial charge on any atom is -0.481 e. The fraction of sp³-hybridized carbons (Fsp3) is 0.964. The fourth-order valence-electron chi connectivity index (χ4n) is 4.56. The molecule has 9 nitrogen and oxygen atoms in total. The third-order valence-electron chi connectivity index (χ3n) is 6.85. The van der Waals surface area contributed by atoms with E-state index in [1.165, 1.54) is 83.5 Å². The van der Waals surface area contributed by atoms with E-state index < -0.39 is 38.5 Å². The molecule has 0 fully saturated rings. The largest absolute Gasteiger partial charge is 0.481 e. The zero-order valence-corrected chi connectivity index (χ0v) is 25.1. The number of phosphoric acid groups is 1. The highest BCUT2D eigenvalue weighted by Gasteiger charge is 2.28. The third-order valence-corrected chi connectivity index (χ3v) is 7.84. The highest BCUT2D eigenvalue weighted by Crippen LogP contribution is 2.42. The molecule has 0 aliphatic rings. The van der Waals surface area contributed by atoms with Gasteiger partial charge in [0.1, 0.15) is 6.10 Å². The van der Waals surface area contributed by atoms with Gasteiger partial charge >= 0.3 is 13.8 Å². The Morgan fingerprint density at radius 1 is 0.789 bits per heavy atom. The van der Waals surface area contributed by atoms with E-state index in [1.807, 2.05) is 0 Å². The SMILES string of the molecule is CCCCCCCCCCCCCCCCCCC(OCC(O)COP(=O)(O)OCCN)C(CC)C(=O)O. The normalized spacial score (nSPS) is 15.7. The van der Waals surface area contributed by atoms with E-state index in [1.54, 1.807) is 6.92 Å². The minimum absolute atomic E-state index is 0.0637. The van der Waals surface area contributed by atoms with Gasteiger partial charge in [-0.25, -0.2) is 4.57 Å². The maximum Gasteiger partial charge on any atom is 0.472 e. The second-order valence-electron chi connectivity index (χ2n) is 10.4. The Morgan fingerprint density at radius 3 is 1.68 bits per heavy atom. The molecule has 0 aromatic heterocycles. The van der Waals surface area contributed by atoms with Crippen LogP contribution in [0, 0.1) is 5.92 Å². The van der Waals surface area contributed by atoms with Crippen LogP contribution in [0.3, 0.4) is 0 Å². The number of carbonyl (C=O) groups is 1. The lowest BCUT2D eigenvalue weighted by molar-refractivity contribution is -0.149. The highest BCUT2D eigenvalue weighted by atomic mass is 31.2. The Labute approximate surface area is 231 Å². The number of ether oxygens (including phenoxy) is 1. The summed E-state index contributed by atoms with van der Waals surface area (Å²) in [7, 11) is -4.29. The van der Waals surface area contributed by atoms with Gasteiger partial charge < -0.3 is 25.6 Å². The van der Waals surface area contributed by atoms with Crippen LogP contribution in [0.4, 0.5) is 0 Å². The Bertz CT molecular complexity index is 595. The Balaban J connectivity index is 4.03. The second-order valence-corrected chi connectivity index (χ2v) is 11.8. The smallest absolute Gasteiger partial charge is 0.472 e. The van der Waals surface area contributed by atoms with E-state index in [4.69, 9.17) is 15.0 Å². The van der Waals surface area contributed by atoms with Crippen molar-refractivity contribution >= 4 is 13.8 Å². The molecule has 0 amide bonds. The summed E-state index contributed by atoms with van der Waals surface area (Å²) in [5.74, 6) is -1.59. The minimum atomic E-state index is -4.29. The molecular formula is C28H58NO8P. The Morgan fingerprint density at radius 2 is 1.26 bits per heavy atom. The van der Waals surface area contributed by atoms with Gasteiger partial charge in [0.2, 0.25) is 0 Å². The van der Waals surface area contributed by atoms with E-state index in [9.17, 15) is 24.5 Å². The van der Waals surface area contributed by atoms with Gasteiger partial charge in [0.25, 0.3) is 0 Å². The number of aliphatic hydroxyl groups is 1. The fourth-order valence-corrected chi connectivity index (χ4v) is 5.33. The van der Waals surface area contributed by atoms with Crippen LogP contribution < -0.4 is 5.73 Å². The first kappa shape index (κ1) is 37.5. The van der Waals surface area contributed by atoms with Crippen molar-refractivity contribution in [1.29, 1.82) is 0 Å². The number of carboxylic acid groups (broad SMARTS) is 1. The van der Waals surface area contributed by atoms with Crippen molar-refractivity contribution in [2.75, 3.05) is 26.4 Å². The van der Waals surface area contributed by atoms with Gasteiger partial charge in [0.05, 0.1) is 31.8 Å². The number of nitrogens with two attached hydrogens (primary N) is 1. The van der Waals surface area contributed by atoms with Crippen molar-refractivity contribution in [3.63, 3.8) is 0 Å². The summed E-state index contributed by atoms with van der Waals surface area (Å²) in [6.45, 7) is 3.33. The van der Waals surface area contributed by atoms with Crippen molar-refractivity contribution < 1.29 is 38.3 Å². The molecule has 10 heteroatoms. The monoisotopic (exact) mass is 567 g/mol. The van der Waals surface area contributed by atoms with Crippen molar-refractivity contribution in [3.8, 4) is 0 Å². The molecule has 0 saturated carbocycles. The zero-order valence-electron chi connectivity index (χ0n) is 24.2. The van der Waals surface area contributed by atoms with Gasteiger partial charge in [0, 0.05) is 6.54 Å². The number of carboxylic acids is 1. The summed E-state index contributed by atoms with van der Waals surface area (Å²) in [6, 6.07) is 0. The van der Waals surface area contributed by atoms with Crippen LogP contribution in [0.1, 0.15) is 129 Å². The molecule has 0 rings (SSSR count). The molecule has 4 unspecified atom stereocenters. The molecule has 5 N–H and O–H groups in total. The van der Waals surface area contributed by atoms with Crippen LogP contribution >= 0.6 is 7.82 Å². The second kappa shape index (κ2) is 25.4. The Kier molecular flexibility index (Phi) is 25.1. The molecular weight excluding hydrogens is 509 g/mol. The van der Waals surface area contributed by atoms with Crippen molar-refractivity contribution in [3.05, 3.63) is 0 Å². The summed E-state index contributed by atoms with van der Waals surface area (Å²) in [4.78, 5) is 21.2. The number of phosphoric ester groups is 1. The molecule has 0 aliphatic carbocycles. The molecule has 0 aliphatic heterocycles. The molecule has 0 heterocycles. The number of hydrogen-bond donors (Lipinski definition) is 4. The van der Waals surface area contributed by atoms with Gasteiger partial charge in [-0.3, -0.25) is 13.8 Å². The molecule has 0 spiro atoms. The summed E-state index contributed by atoms with van der Waals surface area (Å²) in [5, 5.41) is 19.7. The van der Waals surface area contributed by atoms with E-state index >= 15 is 0 Å². The molecule has 0 saturated heterocycles. The first-order valence-corrected chi connectivity index (χ1v) is 16.6. The zero-order chi connectivity index (χ0) is 28.5. The van der Waals surface area contributed by atoms with Crippen LogP contribution in [0.15, 0.2) is 0 Å². The predicted molar refractivity (Wildman–Crippen MR) is 152 cm³/mol. The molecule has 0 radical (unpaired) electrons. The molecule has 4 atom stereocenters. The lowest BCUT2D eigenvalue weighted by Gasteiger charge is -2.25.